The second kappa shape index (κ2) is 5.99. The molecule has 1 aromatic heterocycles. The Bertz CT molecular complexity index is 587. The number of ether oxygens (including phenoxy) is 1. The van der Waals surface area contributed by atoms with Gasteiger partial charge in [-0.05, 0) is 35.6 Å². The van der Waals surface area contributed by atoms with Gasteiger partial charge in [0.15, 0.2) is 5.82 Å². The molecule has 0 radical (unpaired) electrons. The first-order valence-corrected chi connectivity index (χ1v) is 7.09. The molecule has 2 rings (SSSR count). The predicted molar refractivity (Wildman–Crippen MR) is 83.1 cm³/mol. The Morgan fingerprint density at radius 2 is 2.10 bits per heavy atom. The lowest BCUT2D eigenvalue weighted by molar-refractivity contribution is 0.407. The highest BCUT2D eigenvalue weighted by atomic mass is 16.5. The molecule has 4 nitrogen and oxygen atoms in total. The summed E-state index contributed by atoms with van der Waals surface area (Å²) < 4.78 is 5.43. The van der Waals surface area contributed by atoms with E-state index in [1.165, 1.54) is 5.56 Å². The Morgan fingerprint density at radius 1 is 1.35 bits per heavy atom. The van der Waals surface area contributed by atoms with Crippen molar-refractivity contribution in [2.45, 2.75) is 39.5 Å². The Hall–Kier alpha value is -1.97. The lowest BCUT2D eigenvalue weighted by atomic mass is 9.95. The van der Waals surface area contributed by atoms with Crippen LogP contribution in [0.5, 0.6) is 5.75 Å². The van der Waals surface area contributed by atoms with Crippen LogP contribution in [0.1, 0.15) is 44.4 Å². The van der Waals surface area contributed by atoms with Crippen molar-refractivity contribution in [3.05, 3.63) is 29.5 Å². The monoisotopic (exact) mass is 273 g/mol. The second-order valence-electron chi connectivity index (χ2n) is 5.32. The van der Waals surface area contributed by atoms with E-state index < -0.39 is 0 Å². The number of aryl methyl sites for hydroxylation is 1. The van der Waals surface area contributed by atoms with E-state index in [4.69, 9.17) is 10.5 Å². The van der Waals surface area contributed by atoms with Crippen molar-refractivity contribution in [3.8, 4) is 16.9 Å². The van der Waals surface area contributed by atoms with Crippen LogP contribution in [0.2, 0.25) is 0 Å². The second-order valence-corrected chi connectivity index (χ2v) is 5.32. The zero-order valence-corrected chi connectivity index (χ0v) is 12.7. The van der Waals surface area contributed by atoms with E-state index in [0.717, 1.165) is 35.4 Å². The first-order chi connectivity index (χ1) is 9.58. The maximum Gasteiger partial charge on any atom is 0.153 e. The van der Waals surface area contributed by atoms with Crippen molar-refractivity contribution in [3.63, 3.8) is 0 Å². The minimum absolute atomic E-state index is 0.396. The van der Waals surface area contributed by atoms with Crippen LogP contribution in [0, 0.1) is 0 Å². The first kappa shape index (κ1) is 14.4. The van der Waals surface area contributed by atoms with Crippen LogP contribution in [0.4, 0.5) is 5.82 Å². The van der Waals surface area contributed by atoms with Gasteiger partial charge in [-0.15, -0.1) is 0 Å². The summed E-state index contributed by atoms with van der Waals surface area (Å²) in [5.41, 5.74) is 10.4. The van der Waals surface area contributed by atoms with E-state index in [1.54, 1.807) is 7.11 Å². The van der Waals surface area contributed by atoms with E-state index in [0.29, 0.717) is 11.7 Å². The van der Waals surface area contributed by atoms with Crippen LogP contribution < -0.4 is 10.5 Å². The summed E-state index contributed by atoms with van der Waals surface area (Å²) in [5.74, 6) is 1.88. The molecule has 0 saturated carbocycles. The lowest BCUT2D eigenvalue weighted by Crippen LogP contribution is -1.97. The smallest absolute Gasteiger partial charge is 0.153 e. The minimum Gasteiger partial charge on any atom is -0.496 e. The van der Waals surface area contributed by atoms with E-state index >= 15 is 0 Å². The number of aromatic nitrogens is 2. The molecule has 0 aliphatic heterocycles. The molecule has 0 fully saturated rings. The number of aromatic amines is 1. The molecule has 0 amide bonds. The fraction of sp³-hybridized carbons (Fsp3) is 0.438. The number of nitrogen functional groups attached to an aromatic ring is 1. The zero-order chi connectivity index (χ0) is 14.7. The summed E-state index contributed by atoms with van der Waals surface area (Å²) in [4.78, 5) is 0. The summed E-state index contributed by atoms with van der Waals surface area (Å²) in [6.45, 7) is 6.47. The van der Waals surface area contributed by atoms with Gasteiger partial charge < -0.3 is 10.5 Å². The number of anilines is 1. The van der Waals surface area contributed by atoms with Gasteiger partial charge >= 0.3 is 0 Å². The van der Waals surface area contributed by atoms with Gasteiger partial charge in [-0.3, -0.25) is 5.10 Å². The quantitative estimate of drug-likeness (QED) is 0.872. The number of hydrogen-bond donors (Lipinski definition) is 2. The van der Waals surface area contributed by atoms with Gasteiger partial charge in [0.05, 0.1) is 7.11 Å². The minimum atomic E-state index is 0.396. The van der Waals surface area contributed by atoms with Crippen LogP contribution in [0.3, 0.4) is 0 Å². The van der Waals surface area contributed by atoms with Gasteiger partial charge in [0.25, 0.3) is 0 Å². The number of rotatable bonds is 5. The van der Waals surface area contributed by atoms with Crippen molar-refractivity contribution in [2.75, 3.05) is 12.8 Å². The number of nitrogens with one attached hydrogen (secondary N) is 1. The molecule has 0 unspecified atom stereocenters. The Kier molecular flexibility index (Phi) is 4.32. The fourth-order valence-electron chi connectivity index (χ4n) is 2.49. The summed E-state index contributed by atoms with van der Waals surface area (Å²) in [6.07, 6.45) is 2.00. The lowest BCUT2D eigenvalue weighted by Gasteiger charge is -2.14. The average Bonchev–Trinajstić information content (AvgIpc) is 2.79. The molecule has 3 N–H and O–H groups in total. The molecule has 20 heavy (non-hydrogen) atoms. The normalized spacial score (nSPS) is 11.1. The molecular formula is C16H23N3O. The third-order valence-corrected chi connectivity index (χ3v) is 3.51. The number of nitrogens with zero attached hydrogens (tertiary/aromatic N) is 1. The van der Waals surface area contributed by atoms with E-state index in [9.17, 15) is 0 Å². The Morgan fingerprint density at radius 3 is 2.70 bits per heavy atom. The molecule has 0 aliphatic carbocycles. The van der Waals surface area contributed by atoms with Crippen LogP contribution in [-0.4, -0.2) is 17.3 Å². The van der Waals surface area contributed by atoms with E-state index in [-0.39, 0.29) is 0 Å². The standard InChI is InChI=1S/C16H23N3O/c1-5-6-13-15(16(17)19-18-13)11-7-8-14(20-4)12(9-11)10(2)3/h7-10H,5-6H2,1-4H3,(H3,17,18,19). The van der Waals surface area contributed by atoms with Crippen molar-refractivity contribution in [1.29, 1.82) is 0 Å². The van der Waals surface area contributed by atoms with Crippen molar-refractivity contribution in [2.24, 2.45) is 0 Å². The average molecular weight is 273 g/mol. The zero-order valence-electron chi connectivity index (χ0n) is 12.7. The number of H-pyrrole nitrogens is 1. The topological polar surface area (TPSA) is 63.9 Å². The highest BCUT2D eigenvalue weighted by molar-refractivity contribution is 5.77. The largest absolute Gasteiger partial charge is 0.496 e. The van der Waals surface area contributed by atoms with Crippen molar-refractivity contribution in [1.82, 2.24) is 10.2 Å². The maximum absolute atomic E-state index is 6.03. The van der Waals surface area contributed by atoms with Gasteiger partial charge in [-0.25, -0.2) is 0 Å². The van der Waals surface area contributed by atoms with E-state index in [1.807, 2.05) is 12.1 Å². The SMILES string of the molecule is CCCc1[nH]nc(N)c1-c1ccc(OC)c(C(C)C)c1. The van der Waals surface area contributed by atoms with Gasteiger partial charge in [-0.2, -0.15) is 5.10 Å². The Labute approximate surface area is 120 Å². The Balaban J connectivity index is 2.53. The number of methoxy groups -OCH3 is 1. The van der Waals surface area contributed by atoms with Gasteiger partial charge in [0.2, 0.25) is 0 Å². The van der Waals surface area contributed by atoms with Crippen molar-refractivity contribution < 1.29 is 4.74 Å². The highest BCUT2D eigenvalue weighted by Gasteiger charge is 2.15. The third-order valence-electron chi connectivity index (χ3n) is 3.51. The molecule has 4 heteroatoms. The fourth-order valence-corrected chi connectivity index (χ4v) is 2.49. The molecule has 108 valence electrons. The molecule has 0 aliphatic rings. The highest BCUT2D eigenvalue weighted by Crippen LogP contribution is 2.35. The van der Waals surface area contributed by atoms with Crippen LogP contribution in [-0.2, 0) is 6.42 Å². The van der Waals surface area contributed by atoms with Crippen LogP contribution in [0.25, 0.3) is 11.1 Å². The van der Waals surface area contributed by atoms with Crippen LogP contribution in [0.15, 0.2) is 18.2 Å². The molecule has 1 heterocycles. The summed E-state index contributed by atoms with van der Waals surface area (Å²) in [7, 11) is 1.70. The summed E-state index contributed by atoms with van der Waals surface area (Å²) in [5, 5.41) is 7.19. The first-order valence-electron chi connectivity index (χ1n) is 7.09. The predicted octanol–water partition coefficient (Wildman–Crippen LogP) is 3.74. The van der Waals surface area contributed by atoms with Crippen molar-refractivity contribution >= 4 is 5.82 Å². The van der Waals surface area contributed by atoms with Gasteiger partial charge in [0, 0.05) is 11.3 Å². The molecule has 0 bridgehead atoms. The molecule has 0 spiro atoms. The number of nitrogens with two attached hydrogens (primary N) is 1. The maximum atomic E-state index is 6.03. The molecule has 2 aromatic rings. The summed E-state index contributed by atoms with van der Waals surface area (Å²) in [6, 6.07) is 6.21. The number of benzene rings is 1. The summed E-state index contributed by atoms with van der Waals surface area (Å²) >= 11 is 0. The molecule has 1 aromatic carbocycles. The molecule has 0 atom stereocenters. The van der Waals surface area contributed by atoms with Gasteiger partial charge in [0.1, 0.15) is 5.75 Å². The van der Waals surface area contributed by atoms with Gasteiger partial charge in [-0.1, -0.05) is 33.3 Å². The van der Waals surface area contributed by atoms with Crippen LogP contribution >= 0.6 is 0 Å². The third kappa shape index (κ3) is 2.64. The van der Waals surface area contributed by atoms with E-state index in [2.05, 4.69) is 37.0 Å². The number of hydrogen-bond acceptors (Lipinski definition) is 3. The molecular weight excluding hydrogens is 250 g/mol. The molecule has 0 saturated heterocycles.